The minimum absolute atomic E-state index is 0.0450. The number of halogens is 1. The topological polar surface area (TPSA) is 54.4 Å². The number of sulfone groups is 1. The van der Waals surface area contributed by atoms with Crippen molar-refractivity contribution >= 4 is 9.84 Å². The van der Waals surface area contributed by atoms with Gasteiger partial charge in [0.25, 0.3) is 0 Å². The van der Waals surface area contributed by atoms with E-state index in [0.717, 1.165) is 0 Å². The molecule has 1 rings (SSSR count). The Kier molecular flexibility index (Phi) is 3.46. The van der Waals surface area contributed by atoms with Gasteiger partial charge in [-0.1, -0.05) is 12.1 Å². The van der Waals surface area contributed by atoms with E-state index in [0.29, 0.717) is 0 Å². The van der Waals surface area contributed by atoms with Crippen LogP contribution < -0.4 is 0 Å². The standard InChI is InChI=1S/C9H11FO3S/c10-6-3-7-14(12,13)9-5-2-1-4-8(9)11/h1-2,4-5,11H,3,6-7H2. The van der Waals surface area contributed by atoms with Gasteiger partial charge in [0.15, 0.2) is 9.84 Å². The van der Waals surface area contributed by atoms with E-state index in [-0.39, 0.29) is 22.8 Å². The highest BCUT2D eigenvalue weighted by Crippen LogP contribution is 2.22. The molecule has 0 radical (unpaired) electrons. The van der Waals surface area contributed by atoms with E-state index in [1.807, 2.05) is 0 Å². The number of hydrogen-bond acceptors (Lipinski definition) is 3. The van der Waals surface area contributed by atoms with Crippen LogP contribution in [0.15, 0.2) is 29.2 Å². The smallest absolute Gasteiger partial charge is 0.182 e. The number of alkyl halides is 1. The van der Waals surface area contributed by atoms with Crippen molar-refractivity contribution in [3.05, 3.63) is 24.3 Å². The summed E-state index contributed by atoms with van der Waals surface area (Å²) in [5.74, 6) is -0.562. The molecule has 0 aromatic heterocycles. The Hall–Kier alpha value is -1.10. The predicted molar refractivity (Wildman–Crippen MR) is 50.8 cm³/mol. The zero-order chi connectivity index (χ0) is 10.6. The number of phenols is 1. The molecule has 1 aromatic rings. The summed E-state index contributed by atoms with van der Waals surface area (Å²) in [5, 5.41) is 9.27. The van der Waals surface area contributed by atoms with Crippen molar-refractivity contribution in [3.8, 4) is 5.75 Å². The quantitative estimate of drug-likeness (QED) is 0.833. The third kappa shape index (κ3) is 2.45. The molecule has 14 heavy (non-hydrogen) atoms. The van der Waals surface area contributed by atoms with Crippen LogP contribution in [-0.2, 0) is 9.84 Å². The van der Waals surface area contributed by atoms with Gasteiger partial charge in [-0.3, -0.25) is 4.39 Å². The molecule has 0 amide bonds. The molecule has 78 valence electrons. The number of hydrogen-bond donors (Lipinski definition) is 1. The van der Waals surface area contributed by atoms with Gasteiger partial charge in [0.2, 0.25) is 0 Å². The Labute approximate surface area is 82.1 Å². The van der Waals surface area contributed by atoms with Crippen LogP contribution in [0.1, 0.15) is 6.42 Å². The Morgan fingerprint density at radius 2 is 1.93 bits per heavy atom. The number of benzene rings is 1. The summed E-state index contributed by atoms with van der Waals surface area (Å²) < 4.78 is 34.8. The minimum atomic E-state index is -3.54. The highest BCUT2D eigenvalue weighted by Gasteiger charge is 2.17. The summed E-state index contributed by atoms with van der Waals surface area (Å²) in [6.45, 7) is -0.674. The first-order valence-electron chi connectivity index (χ1n) is 4.14. The van der Waals surface area contributed by atoms with Gasteiger partial charge in [-0.2, -0.15) is 0 Å². The van der Waals surface area contributed by atoms with Crippen molar-refractivity contribution in [2.24, 2.45) is 0 Å². The first-order valence-corrected chi connectivity index (χ1v) is 5.80. The maximum Gasteiger partial charge on any atom is 0.182 e. The summed E-state index contributed by atoms with van der Waals surface area (Å²) in [6, 6.07) is 5.65. The lowest BCUT2D eigenvalue weighted by Crippen LogP contribution is -2.07. The Balaban J connectivity index is 2.99. The maximum atomic E-state index is 11.8. The van der Waals surface area contributed by atoms with Gasteiger partial charge in [-0.25, -0.2) is 8.42 Å². The monoisotopic (exact) mass is 218 g/mol. The van der Waals surface area contributed by atoms with Crippen molar-refractivity contribution in [1.29, 1.82) is 0 Å². The van der Waals surface area contributed by atoms with Gasteiger partial charge in [-0.15, -0.1) is 0 Å². The maximum absolute atomic E-state index is 11.8. The highest BCUT2D eigenvalue weighted by atomic mass is 32.2. The molecule has 1 aromatic carbocycles. The van der Waals surface area contributed by atoms with E-state index in [1.165, 1.54) is 24.3 Å². The SMILES string of the molecule is O=S(=O)(CCCF)c1ccccc1O. The molecule has 0 heterocycles. The molecular formula is C9H11FO3S. The summed E-state index contributed by atoms with van der Waals surface area (Å²) in [7, 11) is -3.54. The Bertz CT molecular complexity index is 400. The van der Waals surface area contributed by atoms with Crippen molar-refractivity contribution in [2.45, 2.75) is 11.3 Å². The number of para-hydroxylation sites is 1. The molecule has 0 atom stereocenters. The Morgan fingerprint density at radius 1 is 1.29 bits per heavy atom. The van der Waals surface area contributed by atoms with Crippen LogP contribution in [-0.4, -0.2) is 26.0 Å². The predicted octanol–water partition coefficient (Wildman–Crippen LogP) is 1.53. The van der Waals surface area contributed by atoms with Crippen molar-refractivity contribution in [2.75, 3.05) is 12.4 Å². The normalized spacial score (nSPS) is 11.5. The second-order valence-corrected chi connectivity index (χ2v) is 4.91. The van der Waals surface area contributed by atoms with Crippen LogP contribution in [0.5, 0.6) is 5.75 Å². The van der Waals surface area contributed by atoms with Gasteiger partial charge in [0, 0.05) is 0 Å². The van der Waals surface area contributed by atoms with Crippen molar-refractivity contribution in [1.82, 2.24) is 0 Å². The average Bonchev–Trinajstić information content (AvgIpc) is 2.15. The van der Waals surface area contributed by atoms with Crippen molar-refractivity contribution < 1.29 is 17.9 Å². The first-order chi connectivity index (χ1) is 6.58. The van der Waals surface area contributed by atoms with E-state index >= 15 is 0 Å². The van der Waals surface area contributed by atoms with E-state index in [4.69, 9.17) is 0 Å². The molecule has 0 unspecified atom stereocenters. The number of aromatic hydroxyl groups is 1. The third-order valence-electron chi connectivity index (χ3n) is 1.75. The lowest BCUT2D eigenvalue weighted by molar-refractivity contribution is 0.457. The van der Waals surface area contributed by atoms with E-state index in [2.05, 4.69) is 0 Å². The molecule has 5 heteroatoms. The van der Waals surface area contributed by atoms with Gasteiger partial charge in [-0.05, 0) is 18.6 Å². The van der Waals surface area contributed by atoms with Gasteiger partial charge in [0.05, 0.1) is 12.4 Å². The van der Waals surface area contributed by atoms with Crippen LogP contribution in [0.25, 0.3) is 0 Å². The molecule has 0 spiro atoms. The molecule has 0 aliphatic heterocycles. The average molecular weight is 218 g/mol. The Morgan fingerprint density at radius 3 is 2.50 bits per heavy atom. The van der Waals surface area contributed by atoms with E-state index < -0.39 is 16.5 Å². The van der Waals surface area contributed by atoms with E-state index in [1.54, 1.807) is 0 Å². The van der Waals surface area contributed by atoms with Gasteiger partial charge >= 0.3 is 0 Å². The van der Waals surface area contributed by atoms with Crippen LogP contribution in [0, 0.1) is 0 Å². The summed E-state index contributed by atoms with van der Waals surface area (Å²) in [4.78, 5) is -0.131. The van der Waals surface area contributed by atoms with Crippen LogP contribution in [0.3, 0.4) is 0 Å². The second kappa shape index (κ2) is 4.41. The number of rotatable bonds is 4. The molecule has 0 saturated heterocycles. The minimum Gasteiger partial charge on any atom is -0.507 e. The molecule has 0 bridgehead atoms. The molecule has 0 fully saturated rings. The second-order valence-electron chi connectivity index (χ2n) is 2.83. The zero-order valence-electron chi connectivity index (χ0n) is 7.48. The molecule has 1 N–H and O–H groups in total. The van der Waals surface area contributed by atoms with Gasteiger partial charge < -0.3 is 5.11 Å². The lowest BCUT2D eigenvalue weighted by atomic mass is 10.3. The highest BCUT2D eigenvalue weighted by molar-refractivity contribution is 7.91. The largest absolute Gasteiger partial charge is 0.507 e. The van der Waals surface area contributed by atoms with Crippen LogP contribution >= 0.6 is 0 Å². The molecular weight excluding hydrogens is 207 g/mol. The molecule has 0 aliphatic rings. The van der Waals surface area contributed by atoms with Crippen LogP contribution in [0.2, 0.25) is 0 Å². The summed E-state index contributed by atoms with van der Waals surface area (Å²) in [5.41, 5.74) is 0. The summed E-state index contributed by atoms with van der Waals surface area (Å²) >= 11 is 0. The van der Waals surface area contributed by atoms with Gasteiger partial charge in [0.1, 0.15) is 10.6 Å². The third-order valence-corrected chi connectivity index (χ3v) is 3.59. The zero-order valence-corrected chi connectivity index (χ0v) is 8.30. The van der Waals surface area contributed by atoms with Crippen LogP contribution in [0.4, 0.5) is 4.39 Å². The number of phenolic OH excluding ortho intramolecular Hbond substituents is 1. The van der Waals surface area contributed by atoms with E-state index in [9.17, 15) is 17.9 Å². The molecule has 3 nitrogen and oxygen atoms in total. The molecule has 0 aliphatic carbocycles. The first kappa shape index (κ1) is 11.0. The molecule has 0 saturated carbocycles. The summed E-state index contributed by atoms with van der Waals surface area (Å²) in [6.07, 6.45) is -0.0450. The fraction of sp³-hybridized carbons (Fsp3) is 0.333. The fourth-order valence-corrected chi connectivity index (χ4v) is 2.46. The lowest BCUT2D eigenvalue weighted by Gasteiger charge is -2.04. The fourth-order valence-electron chi connectivity index (χ4n) is 1.07. The van der Waals surface area contributed by atoms with Crippen molar-refractivity contribution in [3.63, 3.8) is 0 Å².